The largest absolute Gasteiger partial charge is 0.494 e. The van der Waals surface area contributed by atoms with Gasteiger partial charge in [-0.1, -0.05) is 0 Å². The summed E-state index contributed by atoms with van der Waals surface area (Å²) in [5.74, 6) is 1.07. The van der Waals surface area contributed by atoms with Crippen molar-refractivity contribution in [3.05, 3.63) is 87.3 Å². The van der Waals surface area contributed by atoms with E-state index in [4.69, 9.17) is 21.4 Å². The SMILES string of the molecule is CCOc1ccc(NC(=O)c2ccc3c(=O)n(Cc4ccco4)c(=S)[nH]c3c2)cc1. The average molecular weight is 421 g/mol. The molecule has 30 heavy (non-hydrogen) atoms. The molecule has 0 spiro atoms. The third kappa shape index (κ3) is 4.04. The monoisotopic (exact) mass is 421 g/mol. The van der Waals surface area contributed by atoms with Crippen molar-refractivity contribution in [2.24, 2.45) is 0 Å². The zero-order valence-corrected chi connectivity index (χ0v) is 17.0. The van der Waals surface area contributed by atoms with E-state index in [1.807, 2.05) is 6.92 Å². The average Bonchev–Trinajstić information content (AvgIpc) is 3.25. The van der Waals surface area contributed by atoms with Gasteiger partial charge in [0.25, 0.3) is 11.5 Å². The van der Waals surface area contributed by atoms with E-state index in [-0.39, 0.29) is 22.8 Å². The molecule has 8 heteroatoms. The first-order valence-electron chi connectivity index (χ1n) is 9.38. The van der Waals surface area contributed by atoms with E-state index in [9.17, 15) is 9.59 Å². The van der Waals surface area contributed by atoms with Gasteiger partial charge in [-0.05, 0) is 73.7 Å². The molecule has 2 aromatic heterocycles. The van der Waals surface area contributed by atoms with E-state index in [1.165, 1.54) is 4.57 Å². The lowest BCUT2D eigenvalue weighted by Gasteiger charge is -2.09. The number of aromatic nitrogens is 2. The maximum absolute atomic E-state index is 12.9. The lowest BCUT2D eigenvalue weighted by atomic mass is 10.1. The predicted octanol–water partition coefficient (Wildman–Crippen LogP) is 4.35. The van der Waals surface area contributed by atoms with Crippen LogP contribution in [0.15, 0.2) is 70.1 Å². The molecule has 2 aromatic carbocycles. The number of rotatable bonds is 6. The second-order valence-electron chi connectivity index (χ2n) is 6.57. The molecular formula is C22H19N3O4S. The number of fused-ring (bicyclic) bond motifs is 1. The number of carbonyl (C=O) groups excluding carboxylic acids is 1. The number of benzene rings is 2. The van der Waals surface area contributed by atoms with Crippen molar-refractivity contribution in [3.8, 4) is 5.75 Å². The highest BCUT2D eigenvalue weighted by atomic mass is 32.1. The molecular weight excluding hydrogens is 402 g/mol. The molecule has 0 radical (unpaired) electrons. The molecule has 0 atom stereocenters. The van der Waals surface area contributed by atoms with E-state index in [1.54, 1.807) is 60.9 Å². The maximum Gasteiger partial charge on any atom is 0.262 e. The summed E-state index contributed by atoms with van der Waals surface area (Å²) >= 11 is 5.34. The summed E-state index contributed by atoms with van der Waals surface area (Å²) in [7, 11) is 0. The van der Waals surface area contributed by atoms with Gasteiger partial charge in [0.05, 0.1) is 30.3 Å². The second kappa shape index (κ2) is 8.38. The van der Waals surface area contributed by atoms with Crippen molar-refractivity contribution >= 4 is 34.7 Å². The number of hydrogen-bond acceptors (Lipinski definition) is 5. The molecule has 4 rings (SSSR count). The van der Waals surface area contributed by atoms with Crippen LogP contribution in [0.1, 0.15) is 23.0 Å². The van der Waals surface area contributed by atoms with Gasteiger partial charge in [-0.15, -0.1) is 0 Å². The van der Waals surface area contributed by atoms with Crippen LogP contribution in [0.25, 0.3) is 10.9 Å². The first-order chi connectivity index (χ1) is 14.5. The summed E-state index contributed by atoms with van der Waals surface area (Å²) in [6.07, 6.45) is 1.55. The van der Waals surface area contributed by atoms with Crippen molar-refractivity contribution in [1.29, 1.82) is 0 Å². The number of anilines is 1. The number of hydrogen-bond donors (Lipinski definition) is 2. The van der Waals surface area contributed by atoms with Gasteiger partial charge in [-0.3, -0.25) is 14.2 Å². The Kier molecular flexibility index (Phi) is 5.49. The van der Waals surface area contributed by atoms with Crippen molar-refractivity contribution in [1.82, 2.24) is 9.55 Å². The van der Waals surface area contributed by atoms with E-state index < -0.39 is 0 Å². The molecule has 152 valence electrons. The first-order valence-corrected chi connectivity index (χ1v) is 9.79. The fourth-order valence-electron chi connectivity index (χ4n) is 3.10. The van der Waals surface area contributed by atoms with Crippen LogP contribution in [0, 0.1) is 4.77 Å². The maximum atomic E-state index is 12.9. The molecule has 2 heterocycles. The van der Waals surface area contributed by atoms with Gasteiger partial charge in [0, 0.05) is 11.3 Å². The first kappa shape index (κ1) is 19.7. The molecule has 4 aromatic rings. The number of ether oxygens (including phenoxy) is 1. The highest BCUT2D eigenvalue weighted by Gasteiger charge is 2.12. The minimum absolute atomic E-state index is 0.233. The van der Waals surface area contributed by atoms with Crippen LogP contribution >= 0.6 is 12.2 Å². The lowest BCUT2D eigenvalue weighted by Crippen LogP contribution is -2.23. The number of amides is 1. The Hall–Kier alpha value is -3.65. The number of furan rings is 1. The highest BCUT2D eigenvalue weighted by Crippen LogP contribution is 2.18. The summed E-state index contributed by atoms with van der Waals surface area (Å²) in [4.78, 5) is 28.5. The fraction of sp³-hybridized carbons (Fsp3) is 0.136. The summed E-state index contributed by atoms with van der Waals surface area (Å²) < 4.78 is 12.4. The molecule has 1 amide bonds. The third-order valence-electron chi connectivity index (χ3n) is 4.56. The third-order valence-corrected chi connectivity index (χ3v) is 4.88. The Bertz CT molecular complexity index is 1310. The molecule has 0 bridgehead atoms. The smallest absolute Gasteiger partial charge is 0.262 e. The zero-order chi connectivity index (χ0) is 21.1. The summed E-state index contributed by atoms with van der Waals surface area (Å²) in [5.41, 5.74) is 1.30. The normalized spacial score (nSPS) is 10.8. The van der Waals surface area contributed by atoms with Gasteiger partial charge in [-0.25, -0.2) is 0 Å². The van der Waals surface area contributed by atoms with Gasteiger partial charge >= 0.3 is 0 Å². The van der Waals surface area contributed by atoms with E-state index in [0.29, 0.717) is 34.5 Å². The van der Waals surface area contributed by atoms with E-state index >= 15 is 0 Å². The van der Waals surface area contributed by atoms with E-state index in [2.05, 4.69) is 10.3 Å². The minimum atomic E-state index is -0.292. The number of nitrogens with zero attached hydrogens (tertiary/aromatic N) is 1. The summed E-state index contributed by atoms with van der Waals surface area (Å²) in [6, 6.07) is 15.5. The molecule has 0 aliphatic carbocycles. The van der Waals surface area contributed by atoms with Gasteiger partial charge in [0.1, 0.15) is 11.5 Å². The van der Waals surface area contributed by atoms with Gasteiger partial charge in [-0.2, -0.15) is 0 Å². The second-order valence-corrected chi connectivity index (χ2v) is 6.96. The molecule has 0 saturated heterocycles. The number of carbonyl (C=O) groups is 1. The standard InChI is InChI=1S/C22H19N3O4S/c1-2-28-16-8-6-15(7-9-16)23-20(26)14-5-10-18-19(12-14)24-22(30)25(21(18)27)13-17-4-3-11-29-17/h3-12H,2,13H2,1H3,(H,23,26)(H,24,30). The van der Waals surface area contributed by atoms with Crippen LogP contribution in [-0.2, 0) is 6.54 Å². The van der Waals surface area contributed by atoms with Gasteiger partial charge in [0.15, 0.2) is 4.77 Å². The predicted molar refractivity (Wildman–Crippen MR) is 117 cm³/mol. The number of H-pyrrole nitrogens is 1. The summed E-state index contributed by atoms with van der Waals surface area (Å²) in [5, 5.41) is 3.27. The quantitative estimate of drug-likeness (QED) is 0.452. The van der Waals surface area contributed by atoms with Crippen LogP contribution in [0.3, 0.4) is 0 Å². The molecule has 2 N–H and O–H groups in total. The van der Waals surface area contributed by atoms with Crippen molar-refractivity contribution in [2.75, 3.05) is 11.9 Å². The van der Waals surface area contributed by atoms with Gasteiger partial charge in [0.2, 0.25) is 0 Å². The lowest BCUT2D eigenvalue weighted by molar-refractivity contribution is 0.102. The minimum Gasteiger partial charge on any atom is -0.494 e. The number of aromatic amines is 1. The fourth-order valence-corrected chi connectivity index (χ4v) is 3.36. The molecule has 7 nitrogen and oxygen atoms in total. The molecule has 0 saturated carbocycles. The van der Waals surface area contributed by atoms with Crippen molar-refractivity contribution in [2.45, 2.75) is 13.5 Å². The Balaban J connectivity index is 1.60. The van der Waals surface area contributed by atoms with Crippen LogP contribution < -0.4 is 15.6 Å². The number of nitrogens with one attached hydrogen (secondary N) is 2. The van der Waals surface area contributed by atoms with Crippen LogP contribution in [-0.4, -0.2) is 22.1 Å². The van der Waals surface area contributed by atoms with Crippen molar-refractivity contribution in [3.63, 3.8) is 0 Å². The molecule has 0 unspecified atom stereocenters. The molecule has 0 fully saturated rings. The molecule has 0 aliphatic rings. The Morgan fingerprint density at radius 1 is 1.20 bits per heavy atom. The van der Waals surface area contributed by atoms with Crippen LogP contribution in [0.4, 0.5) is 5.69 Å². The van der Waals surface area contributed by atoms with Crippen molar-refractivity contribution < 1.29 is 13.9 Å². The van der Waals surface area contributed by atoms with Crippen LogP contribution in [0.2, 0.25) is 0 Å². The van der Waals surface area contributed by atoms with Gasteiger partial charge < -0.3 is 19.5 Å². The highest BCUT2D eigenvalue weighted by molar-refractivity contribution is 7.71. The Morgan fingerprint density at radius 3 is 2.70 bits per heavy atom. The van der Waals surface area contributed by atoms with E-state index in [0.717, 1.165) is 5.75 Å². The summed E-state index contributed by atoms with van der Waals surface area (Å²) in [6.45, 7) is 2.72. The topological polar surface area (TPSA) is 89.3 Å². The zero-order valence-electron chi connectivity index (χ0n) is 16.2. The molecule has 0 aliphatic heterocycles. The Morgan fingerprint density at radius 2 is 2.00 bits per heavy atom. The Labute approximate surface area is 176 Å². The van der Waals surface area contributed by atoms with Crippen LogP contribution in [0.5, 0.6) is 5.75 Å².